The van der Waals surface area contributed by atoms with Crippen molar-refractivity contribution in [1.82, 2.24) is 5.43 Å². The van der Waals surface area contributed by atoms with Crippen molar-refractivity contribution in [2.45, 2.75) is 0 Å². The lowest BCUT2D eigenvalue weighted by molar-refractivity contribution is -0.118. The summed E-state index contributed by atoms with van der Waals surface area (Å²) in [7, 11) is 1.49. The van der Waals surface area contributed by atoms with Gasteiger partial charge in [0.15, 0.2) is 18.1 Å². The lowest BCUT2D eigenvalue weighted by Crippen LogP contribution is -2.20. The number of halogens is 1. The standard InChI is InChI=1S/C26H24ClN3O5/c1-3-14-34-23-13-8-18(15-24(23)33-2)26(32)30-28-16-19-6-4-5-7-22(19)35-17-25(31)29-21-11-9-20(27)10-12-21/h3-13,15-16H,1,14,17H2,2H3,(H,29,31)(H,30,32)/b28-16+. The monoisotopic (exact) mass is 493 g/mol. The molecule has 0 heterocycles. The number of hydrogen-bond donors (Lipinski definition) is 2. The predicted molar refractivity (Wildman–Crippen MR) is 136 cm³/mol. The van der Waals surface area contributed by atoms with E-state index in [4.69, 9.17) is 25.8 Å². The fourth-order valence-electron chi connectivity index (χ4n) is 2.89. The molecule has 2 amide bonds. The van der Waals surface area contributed by atoms with Crippen LogP contribution in [0.1, 0.15) is 15.9 Å². The molecule has 8 nitrogen and oxygen atoms in total. The normalized spacial score (nSPS) is 10.5. The van der Waals surface area contributed by atoms with E-state index in [0.717, 1.165) is 0 Å². The molecular formula is C26H24ClN3O5. The summed E-state index contributed by atoms with van der Waals surface area (Å²) in [6.07, 6.45) is 3.05. The van der Waals surface area contributed by atoms with Gasteiger partial charge in [-0.1, -0.05) is 36.4 Å². The fourth-order valence-corrected chi connectivity index (χ4v) is 3.02. The van der Waals surface area contributed by atoms with Crippen LogP contribution < -0.4 is 25.0 Å². The van der Waals surface area contributed by atoms with E-state index >= 15 is 0 Å². The van der Waals surface area contributed by atoms with Gasteiger partial charge in [0.2, 0.25) is 0 Å². The summed E-state index contributed by atoms with van der Waals surface area (Å²) in [4.78, 5) is 24.7. The summed E-state index contributed by atoms with van der Waals surface area (Å²) in [5.74, 6) is 0.581. The summed E-state index contributed by atoms with van der Waals surface area (Å²) in [5, 5.41) is 7.31. The van der Waals surface area contributed by atoms with E-state index in [0.29, 0.717) is 45.7 Å². The summed E-state index contributed by atoms with van der Waals surface area (Å²) in [6, 6.07) is 18.5. The first-order valence-electron chi connectivity index (χ1n) is 10.5. The second-order valence-corrected chi connectivity index (χ2v) is 7.48. The van der Waals surface area contributed by atoms with Crippen LogP contribution in [0.15, 0.2) is 84.5 Å². The zero-order valence-electron chi connectivity index (χ0n) is 19.0. The number of benzene rings is 3. The molecular weight excluding hydrogens is 470 g/mol. The average molecular weight is 494 g/mol. The number of para-hydroxylation sites is 1. The Morgan fingerprint density at radius 3 is 2.51 bits per heavy atom. The number of anilines is 1. The quantitative estimate of drug-likeness (QED) is 0.229. The summed E-state index contributed by atoms with van der Waals surface area (Å²) >= 11 is 5.85. The Bertz CT molecular complexity index is 1210. The van der Waals surface area contributed by atoms with Gasteiger partial charge in [0.1, 0.15) is 12.4 Å². The Morgan fingerprint density at radius 2 is 1.77 bits per heavy atom. The molecule has 0 spiro atoms. The molecule has 2 N–H and O–H groups in total. The molecule has 0 radical (unpaired) electrons. The van der Waals surface area contributed by atoms with Crippen molar-refractivity contribution in [3.63, 3.8) is 0 Å². The van der Waals surface area contributed by atoms with E-state index in [2.05, 4.69) is 22.4 Å². The van der Waals surface area contributed by atoms with Gasteiger partial charge in [0.25, 0.3) is 11.8 Å². The lowest BCUT2D eigenvalue weighted by atomic mass is 10.2. The number of nitrogens with one attached hydrogen (secondary N) is 2. The number of amides is 2. The second kappa shape index (κ2) is 12.8. The van der Waals surface area contributed by atoms with Gasteiger partial charge in [-0.25, -0.2) is 5.43 Å². The fraction of sp³-hybridized carbons (Fsp3) is 0.115. The van der Waals surface area contributed by atoms with Crippen LogP contribution in [-0.2, 0) is 4.79 Å². The molecule has 0 saturated heterocycles. The Hall–Kier alpha value is -4.30. The molecule has 9 heteroatoms. The molecule has 0 aliphatic carbocycles. The predicted octanol–water partition coefficient (Wildman–Crippen LogP) is 4.69. The van der Waals surface area contributed by atoms with Crippen molar-refractivity contribution in [2.24, 2.45) is 5.10 Å². The number of hydrogen-bond acceptors (Lipinski definition) is 6. The minimum Gasteiger partial charge on any atom is -0.493 e. The first-order chi connectivity index (χ1) is 17.0. The van der Waals surface area contributed by atoms with Crippen molar-refractivity contribution in [2.75, 3.05) is 25.6 Å². The van der Waals surface area contributed by atoms with Gasteiger partial charge in [0, 0.05) is 21.8 Å². The van der Waals surface area contributed by atoms with Crippen molar-refractivity contribution in [1.29, 1.82) is 0 Å². The van der Waals surface area contributed by atoms with Gasteiger partial charge < -0.3 is 19.5 Å². The number of rotatable bonds is 11. The van der Waals surface area contributed by atoms with E-state index in [-0.39, 0.29) is 12.5 Å². The van der Waals surface area contributed by atoms with Crippen LogP contribution >= 0.6 is 11.6 Å². The molecule has 0 aliphatic rings. The lowest BCUT2D eigenvalue weighted by Gasteiger charge is -2.11. The van der Waals surface area contributed by atoms with Gasteiger partial charge in [-0.05, 0) is 54.6 Å². The number of methoxy groups -OCH3 is 1. The second-order valence-electron chi connectivity index (χ2n) is 7.05. The highest BCUT2D eigenvalue weighted by atomic mass is 35.5. The van der Waals surface area contributed by atoms with E-state index in [1.807, 2.05) is 0 Å². The Labute approximate surface area is 208 Å². The number of ether oxygens (including phenoxy) is 3. The number of hydrazone groups is 1. The highest BCUT2D eigenvalue weighted by Crippen LogP contribution is 2.28. The third kappa shape index (κ3) is 7.62. The third-order valence-corrected chi connectivity index (χ3v) is 4.81. The van der Waals surface area contributed by atoms with Crippen LogP contribution in [0.4, 0.5) is 5.69 Å². The molecule has 0 aliphatic heterocycles. The smallest absolute Gasteiger partial charge is 0.271 e. The maximum atomic E-state index is 12.5. The Morgan fingerprint density at radius 1 is 1.00 bits per heavy atom. The maximum absolute atomic E-state index is 12.5. The third-order valence-electron chi connectivity index (χ3n) is 4.56. The van der Waals surface area contributed by atoms with Crippen molar-refractivity contribution in [3.8, 4) is 17.2 Å². The molecule has 0 fully saturated rings. The SMILES string of the molecule is C=CCOc1ccc(C(=O)N/N=C/c2ccccc2OCC(=O)Nc2ccc(Cl)cc2)cc1OC. The van der Waals surface area contributed by atoms with E-state index < -0.39 is 5.91 Å². The van der Waals surface area contributed by atoms with Crippen LogP contribution in [0.5, 0.6) is 17.2 Å². The van der Waals surface area contributed by atoms with Gasteiger partial charge in [-0.3, -0.25) is 9.59 Å². The van der Waals surface area contributed by atoms with Crippen molar-refractivity contribution < 1.29 is 23.8 Å². The molecule has 0 atom stereocenters. The van der Waals surface area contributed by atoms with E-state index in [1.165, 1.54) is 13.3 Å². The van der Waals surface area contributed by atoms with Crippen LogP contribution in [0.2, 0.25) is 5.02 Å². The minimum absolute atomic E-state index is 0.208. The molecule has 0 bridgehead atoms. The van der Waals surface area contributed by atoms with E-state index in [1.54, 1.807) is 72.8 Å². The Balaban J connectivity index is 1.58. The van der Waals surface area contributed by atoms with Crippen LogP contribution in [-0.4, -0.2) is 38.4 Å². The Kier molecular flexibility index (Phi) is 9.27. The van der Waals surface area contributed by atoms with Gasteiger partial charge >= 0.3 is 0 Å². The zero-order valence-corrected chi connectivity index (χ0v) is 19.7. The average Bonchev–Trinajstić information content (AvgIpc) is 2.88. The molecule has 35 heavy (non-hydrogen) atoms. The summed E-state index contributed by atoms with van der Waals surface area (Å²) < 4.78 is 16.4. The molecule has 0 saturated carbocycles. The molecule has 0 aromatic heterocycles. The first-order valence-corrected chi connectivity index (χ1v) is 10.9. The summed E-state index contributed by atoms with van der Waals surface area (Å²) in [5.41, 5.74) is 3.99. The topological polar surface area (TPSA) is 98.3 Å². The van der Waals surface area contributed by atoms with Gasteiger partial charge in [0.05, 0.1) is 13.3 Å². The highest BCUT2D eigenvalue weighted by Gasteiger charge is 2.11. The largest absolute Gasteiger partial charge is 0.493 e. The van der Waals surface area contributed by atoms with E-state index in [9.17, 15) is 9.59 Å². The number of nitrogens with zero attached hydrogens (tertiary/aromatic N) is 1. The minimum atomic E-state index is -0.435. The number of carbonyl (C=O) groups is 2. The molecule has 0 unspecified atom stereocenters. The first kappa shape index (κ1) is 25.3. The van der Waals surface area contributed by atoms with Gasteiger partial charge in [-0.2, -0.15) is 5.10 Å². The van der Waals surface area contributed by atoms with Gasteiger partial charge in [-0.15, -0.1) is 0 Å². The highest BCUT2D eigenvalue weighted by molar-refractivity contribution is 6.30. The van der Waals surface area contributed by atoms with Crippen molar-refractivity contribution in [3.05, 3.63) is 95.5 Å². The summed E-state index contributed by atoms with van der Waals surface area (Å²) in [6.45, 7) is 3.71. The molecule has 3 aromatic rings. The maximum Gasteiger partial charge on any atom is 0.271 e. The zero-order chi connectivity index (χ0) is 25.0. The molecule has 3 aromatic carbocycles. The molecule has 180 valence electrons. The van der Waals surface area contributed by atoms with Crippen molar-refractivity contribution >= 4 is 35.3 Å². The van der Waals surface area contributed by atoms with Crippen LogP contribution in [0.3, 0.4) is 0 Å². The van der Waals surface area contributed by atoms with Crippen LogP contribution in [0.25, 0.3) is 0 Å². The molecule has 3 rings (SSSR count). The number of carbonyl (C=O) groups excluding carboxylic acids is 2. The van der Waals surface area contributed by atoms with Crippen LogP contribution in [0, 0.1) is 0 Å².